The Morgan fingerprint density at radius 3 is 1.75 bits per heavy atom. The molecule has 0 atom stereocenters. The number of hydrogen-bond acceptors (Lipinski definition) is 3. The number of nitrogens with two attached hydrogens (primary N) is 1. The van der Waals surface area contributed by atoms with Crippen molar-refractivity contribution in [2.75, 3.05) is 12.4 Å². The first-order chi connectivity index (χ1) is 9.15. The van der Waals surface area contributed by atoms with E-state index in [0.29, 0.717) is 0 Å². The van der Waals surface area contributed by atoms with Gasteiger partial charge >= 0.3 is 0 Å². The topological polar surface area (TPSA) is 69.4 Å². The van der Waals surface area contributed by atoms with Crippen LogP contribution in [-0.2, 0) is 10.0 Å². The van der Waals surface area contributed by atoms with E-state index in [-0.39, 0.29) is 18.6 Å². The largest absolute Gasteiger partial charge is 0.487 e. The lowest BCUT2D eigenvalue weighted by Gasteiger charge is -2.09. The van der Waals surface area contributed by atoms with E-state index in [0.717, 1.165) is 0 Å². The van der Waals surface area contributed by atoms with Crippen LogP contribution in [0.1, 0.15) is 12.8 Å². The van der Waals surface area contributed by atoms with E-state index in [1.54, 1.807) is 0 Å². The van der Waals surface area contributed by atoms with Crippen LogP contribution in [0.25, 0.3) is 0 Å². The molecule has 0 bridgehead atoms. The summed E-state index contributed by atoms with van der Waals surface area (Å²) in [7, 11) is -3.68. The van der Waals surface area contributed by atoms with Gasteiger partial charge in [0.05, 0.1) is 12.4 Å². The van der Waals surface area contributed by atoms with Gasteiger partial charge < -0.3 is 4.74 Å². The number of sulfonamides is 1. The highest BCUT2D eigenvalue weighted by Gasteiger charge is 2.26. The van der Waals surface area contributed by atoms with Gasteiger partial charge in [0.2, 0.25) is 39.1 Å². The van der Waals surface area contributed by atoms with Gasteiger partial charge in [-0.05, 0) is 12.8 Å². The molecule has 1 rings (SSSR count). The van der Waals surface area contributed by atoms with Gasteiger partial charge in [-0.1, -0.05) is 0 Å². The summed E-state index contributed by atoms with van der Waals surface area (Å²) in [6.45, 7) is -0.423. The van der Waals surface area contributed by atoms with Gasteiger partial charge in [0.1, 0.15) is 0 Å². The molecule has 1 aromatic carbocycles. The maximum atomic E-state index is 13.1. The Balaban J connectivity index is 2.70. The van der Waals surface area contributed by atoms with Crippen LogP contribution in [0.2, 0.25) is 0 Å². The number of unbranched alkanes of at least 4 members (excludes halogenated alkanes) is 1. The van der Waals surface area contributed by atoms with Gasteiger partial charge in [-0.3, -0.25) is 0 Å². The molecule has 0 aromatic heterocycles. The van der Waals surface area contributed by atoms with Gasteiger partial charge in [-0.2, -0.15) is 8.78 Å². The fraction of sp³-hybridized carbons (Fsp3) is 0.400. The van der Waals surface area contributed by atoms with Crippen molar-refractivity contribution in [2.24, 2.45) is 5.14 Å². The summed E-state index contributed by atoms with van der Waals surface area (Å²) >= 11 is 0. The van der Waals surface area contributed by atoms with E-state index in [1.165, 1.54) is 0 Å². The number of halogens is 5. The second-order valence-electron chi connectivity index (χ2n) is 3.82. The van der Waals surface area contributed by atoms with E-state index < -0.39 is 51.5 Å². The Morgan fingerprint density at radius 2 is 1.30 bits per heavy atom. The summed E-state index contributed by atoms with van der Waals surface area (Å²) in [5.74, 6) is -12.4. The van der Waals surface area contributed by atoms with E-state index in [2.05, 4.69) is 4.74 Å². The predicted octanol–water partition coefficient (Wildman–Crippen LogP) is 1.83. The normalized spacial score (nSPS) is 11.7. The Hall–Kier alpha value is -1.42. The molecular formula is C10H10F5NO3S. The van der Waals surface area contributed by atoms with Crippen LogP contribution in [0.15, 0.2) is 0 Å². The van der Waals surface area contributed by atoms with Crippen molar-refractivity contribution in [1.82, 2.24) is 0 Å². The Labute approximate surface area is 111 Å². The second kappa shape index (κ2) is 6.35. The lowest BCUT2D eigenvalue weighted by atomic mass is 10.2. The molecule has 0 saturated carbocycles. The Kier molecular flexibility index (Phi) is 5.28. The van der Waals surface area contributed by atoms with Gasteiger partial charge in [0, 0.05) is 0 Å². The van der Waals surface area contributed by atoms with E-state index in [4.69, 9.17) is 5.14 Å². The van der Waals surface area contributed by atoms with Crippen LogP contribution >= 0.6 is 0 Å². The maximum Gasteiger partial charge on any atom is 0.209 e. The molecule has 114 valence electrons. The van der Waals surface area contributed by atoms with Crippen molar-refractivity contribution in [3.8, 4) is 5.75 Å². The Bertz CT molecular complexity index is 576. The first kappa shape index (κ1) is 16.6. The van der Waals surface area contributed by atoms with Crippen molar-refractivity contribution >= 4 is 10.0 Å². The third-order valence-electron chi connectivity index (χ3n) is 2.24. The summed E-state index contributed by atoms with van der Waals surface area (Å²) in [5.41, 5.74) is 0. The average molecular weight is 319 g/mol. The number of primary sulfonamides is 1. The molecule has 0 aliphatic rings. The zero-order chi connectivity index (χ0) is 15.5. The van der Waals surface area contributed by atoms with Gasteiger partial charge in [-0.15, -0.1) is 0 Å². The molecule has 0 unspecified atom stereocenters. The van der Waals surface area contributed by atoms with Crippen molar-refractivity contribution in [2.45, 2.75) is 12.8 Å². The SMILES string of the molecule is NS(=O)(=O)CCCCOc1c(F)c(F)c(F)c(F)c1F. The molecule has 0 spiro atoms. The van der Waals surface area contributed by atoms with Crippen molar-refractivity contribution in [3.05, 3.63) is 29.1 Å². The average Bonchev–Trinajstić information content (AvgIpc) is 2.36. The fourth-order valence-electron chi connectivity index (χ4n) is 1.29. The van der Waals surface area contributed by atoms with E-state index in [1.807, 2.05) is 0 Å². The van der Waals surface area contributed by atoms with Crippen molar-refractivity contribution in [1.29, 1.82) is 0 Å². The monoisotopic (exact) mass is 319 g/mol. The van der Waals surface area contributed by atoms with Crippen LogP contribution in [0.4, 0.5) is 22.0 Å². The lowest BCUT2D eigenvalue weighted by molar-refractivity contribution is 0.258. The highest BCUT2D eigenvalue weighted by Crippen LogP contribution is 2.29. The summed E-state index contributed by atoms with van der Waals surface area (Å²) in [5, 5.41) is 4.70. The minimum atomic E-state index is -3.68. The summed E-state index contributed by atoms with van der Waals surface area (Å²) < 4.78 is 90.2. The highest BCUT2D eigenvalue weighted by atomic mass is 32.2. The summed E-state index contributed by atoms with van der Waals surface area (Å²) in [4.78, 5) is 0. The van der Waals surface area contributed by atoms with Gasteiger partial charge in [-0.25, -0.2) is 26.7 Å². The molecule has 0 fully saturated rings. The van der Waals surface area contributed by atoms with E-state index in [9.17, 15) is 30.4 Å². The molecule has 4 nitrogen and oxygen atoms in total. The minimum absolute atomic E-state index is 0.00985. The van der Waals surface area contributed by atoms with Gasteiger partial charge in [0.25, 0.3) is 0 Å². The molecule has 0 aliphatic heterocycles. The number of hydrogen-bond donors (Lipinski definition) is 1. The third kappa shape index (κ3) is 4.04. The summed E-state index contributed by atoms with van der Waals surface area (Å²) in [6.07, 6.45) is 0.0319. The molecular weight excluding hydrogens is 309 g/mol. The van der Waals surface area contributed by atoms with Crippen LogP contribution in [0, 0.1) is 29.1 Å². The zero-order valence-electron chi connectivity index (χ0n) is 9.93. The molecule has 0 saturated heterocycles. The molecule has 0 aliphatic carbocycles. The van der Waals surface area contributed by atoms with Crippen LogP contribution in [0.3, 0.4) is 0 Å². The van der Waals surface area contributed by atoms with Crippen molar-refractivity contribution < 1.29 is 35.1 Å². The molecule has 0 amide bonds. The van der Waals surface area contributed by atoms with E-state index >= 15 is 0 Å². The lowest BCUT2D eigenvalue weighted by Crippen LogP contribution is -2.17. The quantitative estimate of drug-likeness (QED) is 0.376. The van der Waals surface area contributed by atoms with Crippen LogP contribution in [0.5, 0.6) is 5.75 Å². The maximum absolute atomic E-state index is 13.1. The zero-order valence-corrected chi connectivity index (χ0v) is 10.7. The molecule has 20 heavy (non-hydrogen) atoms. The predicted molar refractivity (Wildman–Crippen MR) is 58.9 cm³/mol. The second-order valence-corrected chi connectivity index (χ2v) is 5.56. The summed E-state index contributed by atoms with van der Waals surface area (Å²) in [6, 6.07) is 0. The number of benzene rings is 1. The Morgan fingerprint density at radius 1 is 0.850 bits per heavy atom. The third-order valence-corrected chi connectivity index (χ3v) is 3.10. The van der Waals surface area contributed by atoms with Crippen LogP contribution in [-0.4, -0.2) is 20.8 Å². The standard InChI is InChI=1S/C10H10F5NO3S/c11-5-6(12)8(14)10(9(15)7(5)13)19-3-1-2-4-20(16,17)18/h1-4H2,(H2,16,17,18). The first-order valence-corrected chi connectivity index (χ1v) is 7.01. The molecule has 1 aromatic rings. The number of ether oxygens (including phenoxy) is 1. The highest BCUT2D eigenvalue weighted by molar-refractivity contribution is 7.89. The fourth-order valence-corrected chi connectivity index (χ4v) is 1.90. The molecule has 2 N–H and O–H groups in total. The number of rotatable bonds is 6. The molecule has 0 heterocycles. The smallest absolute Gasteiger partial charge is 0.209 e. The first-order valence-electron chi connectivity index (χ1n) is 5.30. The minimum Gasteiger partial charge on any atom is -0.487 e. The van der Waals surface area contributed by atoms with Gasteiger partial charge in [0.15, 0.2) is 5.75 Å². The molecule has 10 heteroatoms. The van der Waals surface area contributed by atoms with Crippen LogP contribution < -0.4 is 9.88 Å². The molecule has 0 radical (unpaired) electrons. The van der Waals surface area contributed by atoms with Crippen molar-refractivity contribution in [3.63, 3.8) is 0 Å².